The quantitative estimate of drug-likeness (QED) is 0.558. The summed E-state index contributed by atoms with van der Waals surface area (Å²) in [7, 11) is 0. The Balaban J connectivity index is 1.21. The number of carbonyl (C=O) groups is 3. The summed E-state index contributed by atoms with van der Waals surface area (Å²) in [6.45, 7) is 3.91. The number of carboxylic acid groups (broad SMARTS) is 1. The van der Waals surface area contributed by atoms with Gasteiger partial charge in [-0.25, -0.2) is 14.6 Å². The summed E-state index contributed by atoms with van der Waals surface area (Å²) in [5.74, 6) is -1.55. The molecule has 2 amide bonds. The largest absolute Gasteiger partial charge is 0.480 e. The van der Waals surface area contributed by atoms with Crippen LogP contribution in [0.15, 0.2) is 59.3 Å². The maximum Gasteiger partial charge on any atom is 0.407 e. The molecule has 0 radical (unpaired) electrons. The third-order valence-electron chi connectivity index (χ3n) is 6.70. The van der Waals surface area contributed by atoms with Crippen LogP contribution < -0.4 is 5.32 Å². The van der Waals surface area contributed by atoms with Gasteiger partial charge in [0.25, 0.3) is 5.91 Å². The molecular formula is C26H25N3O6. The maximum absolute atomic E-state index is 12.9. The summed E-state index contributed by atoms with van der Waals surface area (Å²) in [5, 5.41) is 12.1. The molecule has 1 aliphatic carbocycles. The van der Waals surface area contributed by atoms with Crippen LogP contribution in [0.5, 0.6) is 0 Å². The van der Waals surface area contributed by atoms with Gasteiger partial charge < -0.3 is 24.5 Å². The van der Waals surface area contributed by atoms with Gasteiger partial charge in [0.1, 0.15) is 12.6 Å². The Morgan fingerprint density at radius 2 is 1.74 bits per heavy atom. The second-order valence-electron chi connectivity index (χ2n) is 9.47. The molecule has 2 N–H and O–H groups in total. The Hall–Kier alpha value is -4.14. The van der Waals surface area contributed by atoms with Crippen LogP contribution in [-0.2, 0) is 16.1 Å². The van der Waals surface area contributed by atoms with E-state index in [-0.39, 0.29) is 37.1 Å². The molecule has 5 rings (SSSR count). The molecule has 0 bridgehead atoms. The molecule has 1 fully saturated rings. The van der Waals surface area contributed by atoms with Crippen LogP contribution in [0.2, 0.25) is 0 Å². The lowest BCUT2D eigenvalue weighted by Gasteiger charge is -2.51. The fourth-order valence-electron chi connectivity index (χ4n) is 5.09. The van der Waals surface area contributed by atoms with E-state index in [1.807, 2.05) is 36.4 Å². The lowest BCUT2D eigenvalue weighted by atomic mass is 9.74. The number of ether oxygens (including phenoxy) is 1. The third kappa shape index (κ3) is 3.92. The van der Waals surface area contributed by atoms with Gasteiger partial charge in [-0.15, -0.1) is 0 Å². The Morgan fingerprint density at radius 3 is 2.34 bits per heavy atom. The molecular weight excluding hydrogens is 450 g/mol. The van der Waals surface area contributed by atoms with E-state index >= 15 is 0 Å². The van der Waals surface area contributed by atoms with Gasteiger partial charge in [-0.3, -0.25) is 4.79 Å². The van der Waals surface area contributed by atoms with Crippen molar-refractivity contribution in [2.45, 2.75) is 32.4 Å². The van der Waals surface area contributed by atoms with Gasteiger partial charge in [0.2, 0.25) is 0 Å². The van der Waals surface area contributed by atoms with E-state index < -0.39 is 29.4 Å². The molecule has 9 heteroatoms. The molecule has 2 aliphatic rings. The molecule has 1 atom stereocenters. The first kappa shape index (κ1) is 22.6. The molecule has 3 aromatic rings. The summed E-state index contributed by atoms with van der Waals surface area (Å²) in [6, 6.07) is 15.2. The predicted molar refractivity (Wildman–Crippen MR) is 125 cm³/mol. The van der Waals surface area contributed by atoms with Gasteiger partial charge in [-0.05, 0) is 22.3 Å². The Kier molecular flexibility index (Phi) is 5.55. The van der Waals surface area contributed by atoms with Gasteiger partial charge in [-0.1, -0.05) is 62.4 Å². The average molecular weight is 476 g/mol. The first-order chi connectivity index (χ1) is 16.8. The number of likely N-dealkylation sites (tertiary alicyclic amines) is 1. The molecule has 0 saturated carbocycles. The Morgan fingerprint density at radius 1 is 1.11 bits per heavy atom. The van der Waals surface area contributed by atoms with Crippen LogP contribution in [0.3, 0.4) is 0 Å². The molecule has 1 aromatic heterocycles. The molecule has 1 aliphatic heterocycles. The predicted octanol–water partition coefficient (Wildman–Crippen LogP) is 3.65. The number of aromatic nitrogens is 1. The topological polar surface area (TPSA) is 122 Å². The van der Waals surface area contributed by atoms with Crippen molar-refractivity contribution in [2.24, 2.45) is 5.41 Å². The van der Waals surface area contributed by atoms with Crippen molar-refractivity contribution < 1.29 is 28.6 Å². The van der Waals surface area contributed by atoms with Gasteiger partial charge >= 0.3 is 12.1 Å². The number of nitrogens with zero attached hydrogens (tertiary/aromatic N) is 2. The molecule has 2 heterocycles. The average Bonchev–Trinajstić information content (AvgIpc) is 3.42. The number of fused-ring (bicyclic) bond motifs is 3. The number of hydrogen-bond donors (Lipinski definition) is 2. The van der Waals surface area contributed by atoms with E-state index in [9.17, 15) is 19.5 Å². The highest BCUT2D eigenvalue weighted by Gasteiger charge is 2.53. The fourth-order valence-corrected chi connectivity index (χ4v) is 5.09. The van der Waals surface area contributed by atoms with Gasteiger partial charge in [0, 0.05) is 17.9 Å². The van der Waals surface area contributed by atoms with E-state index in [2.05, 4.69) is 22.4 Å². The van der Waals surface area contributed by atoms with E-state index in [0.717, 1.165) is 28.6 Å². The molecule has 9 nitrogen and oxygen atoms in total. The summed E-state index contributed by atoms with van der Waals surface area (Å²) < 4.78 is 10.8. The molecule has 35 heavy (non-hydrogen) atoms. The van der Waals surface area contributed by atoms with E-state index in [1.165, 1.54) is 4.90 Å². The third-order valence-corrected chi connectivity index (χ3v) is 6.70. The molecule has 180 valence electrons. The summed E-state index contributed by atoms with van der Waals surface area (Å²) in [4.78, 5) is 42.2. The Bertz CT molecular complexity index is 1270. The number of carboxylic acids is 1. The number of nitrogens with one attached hydrogen (secondary N) is 1. The van der Waals surface area contributed by atoms with Crippen LogP contribution in [0, 0.1) is 5.41 Å². The van der Waals surface area contributed by atoms with Crippen molar-refractivity contribution >= 4 is 18.0 Å². The second-order valence-corrected chi connectivity index (χ2v) is 9.47. The summed E-state index contributed by atoms with van der Waals surface area (Å²) in [5.41, 5.74) is 3.92. The van der Waals surface area contributed by atoms with Gasteiger partial charge in [0.05, 0.1) is 6.54 Å². The second kappa shape index (κ2) is 8.57. The van der Waals surface area contributed by atoms with Crippen molar-refractivity contribution in [3.05, 3.63) is 77.5 Å². The fraction of sp³-hybridized carbons (Fsp3) is 0.308. The number of aliphatic carboxylic acids is 1. The van der Waals surface area contributed by atoms with Gasteiger partial charge in [-0.2, -0.15) is 0 Å². The minimum Gasteiger partial charge on any atom is -0.480 e. The molecule has 2 aromatic carbocycles. The summed E-state index contributed by atoms with van der Waals surface area (Å²) in [6.07, 6.45) is 0.443. The zero-order valence-corrected chi connectivity index (χ0v) is 19.4. The number of rotatable bonds is 6. The van der Waals surface area contributed by atoms with Crippen molar-refractivity contribution in [3.63, 3.8) is 0 Å². The minimum absolute atomic E-state index is 0.0225. The highest BCUT2D eigenvalue weighted by molar-refractivity contribution is 5.97. The van der Waals surface area contributed by atoms with E-state index in [1.54, 1.807) is 13.8 Å². The van der Waals surface area contributed by atoms with Crippen LogP contribution in [0.25, 0.3) is 11.1 Å². The van der Waals surface area contributed by atoms with Crippen molar-refractivity contribution in [3.8, 4) is 11.1 Å². The molecule has 1 unspecified atom stereocenters. The highest BCUT2D eigenvalue weighted by Crippen LogP contribution is 2.44. The van der Waals surface area contributed by atoms with E-state index in [0.29, 0.717) is 0 Å². The standard InChI is InChI=1S/C26H25N3O6/c1-26(2)13-29(22(26)24(31)32)23(30)21-20(35-14-28-21)11-27-25(33)34-12-19-17-9-5-3-7-15(17)16-8-4-6-10-18(16)19/h3-10,14,19,22H,11-13H2,1-2H3,(H,27,33)(H,31,32). The maximum atomic E-state index is 12.9. The molecule has 1 saturated heterocycles. The normalized spacial score (nSPS) is 17.8. The first-order valence-electron chi connectivity index (χ1n) is 11.3. The smallest absolute Gasteiger partial charge is 0.407 e. The van der Waals surface area contributed by atoms with Gasteiger partial charge in [0.15, 0.2) is 17.8 Å². The highest BCUT2D eigenvalue weighted by atomic mass is 16.5. The van der Waals surface area contributed by atoms with E-state index in [4.69, 9.17) is 9.15 Å². The van der Waals surface area contributed by atoms with Crippen molar-refractivity contribution in [1.82, 2.24) is 15.2 Å². The van der Waals surface area contributed by atoms with Crippen molar-refractivity contribution in [1.29, 1.82) is 0 Å². The summed E-state index contributed by atoms with van der Waals surface area (Å²) >= 11 is 0. The lowest BCUT2D eigenvalue weighted by Crippen LogP contribution is -2.67. The lowest BCUT2D eigenvalue weighted by molar-refractivity contribution is -0.156. The zero-order valence-electron chi connectivity index (χ0n) is 19.4. The Labute approximate surface area is 201 Å². The first-order valence-corrected chi connectivity index (χ1v) is 11.3. The number of carbonyl (C=O) groups excluding carboxylic acids is 2. The SMILES string of the molecule is CC1(C)CN(C(=O)c2ncoc2CNC(=O)OCC2c3ccccc3-c3ccccc32)C1C(=O)O. The van der Waals surface area contributed by atoms with Crippen LogP contribution >= 0.6 is 0 Å². The minimum atomic E-state index is -1.07. The zero-order chi connectivity index (χ0) is 24.7. The number of alkyl carbamates (subject to hydrolysis) is 1. The van der Waals surface area contributed by atoms with Crippen LogP contribution in [0.4, 0.5) is 4.79 Å². The monoisotopic (exact) mass is 475 g/mol. The number of hydrogen-bond acceptors (Lipinski definition) is 6. The van der Waals surface area contributed by atoms with Crippen LogP contribution in [0.1, 0.15) is 47.1 Å². The number of benzene rings is 2. The number of oxazole rings is 1. The van der Waals surface area contributed by atoms with Crippen LogP contribution in [-0.4, -0.2) is 52.2 Å². The number of amides is 2. The molecule has 0 spiro atoms. The van der Waals surface area contributed by atoms with Crippen molar-refractivity contribution in [2.75, 3.05) is 13.2 Å².